The Labute approximate surface area is 169 Å². The van der Waals surface area contributed by atoms with E-state index in [0.29, 0.717) is 22.9 Å². The van der Waals surface area contributed by atoms with Gasteiger partial charge in [0.15, 0.2) is 0 Å². The lowest BCUT2D eigenvalue weighted by Gasteiger charge is -2.26. The molecule has 0 N–H and O–H groups in total. The molecule has 0 radical (unpaired) electrons. The maximum absolute atomic E-state index is 13.5. The number of fused-ring (bicyclic) bond motifs is 1. The summed E-state index contributed by atoms with van der Waals surface area (Å²) in [4.78, 5) is 19.4. The van der Waals surface area contributed by atoms with Crippen LogP contribution >= 0.6 is 0 Å². The minimum absolute atomic E-state index is 0.282. The lowest BCUT2D eigenvalue weighted by molar-refractivity contribution is 0.0597. The monoisotopic (exact) mass is 394 g/mol. The van der Waals surface area contributed by atoms with Gasteiger partial charge in [-0.3, -0.25) is 0 Å². The maximum Gasteiger partial charge on any atom is 0.341 e. The van der Waals surface area contributed by atoms with Crippen LogP contribution in [0.15, 0.2) is 42.5 Å². The van der Waals surface area contributed by atoms with Crippen molar-refractivity contribution < 1.29 is 18.7 Å². The minimum Gasteiger partial charge on any atom is -0.496 e. The molecule has 1 fully saturated rings. The molecule has 1 aliphatic heterocycles. The van der Waals surface area contributed by atoms with Gasteiger partial charge < -0.3 is 14.4 Å². The van der Waals surface area contributed by atoms with Crippen LogP contribution in [0.25, 0.3) is 22.2 Å². The van der Waals surface area contributed by atoms with E-state index in [1.807, 2.05) is 0 Å². The molecule has 29 heavy (non-hydrogen) atoms. The third kappa shape index (κ3) is 3.50. The molecule has 0 saturated carbocycles. The number of hydrogen-bond acceptors (Lipinski definition) is 5. The molecule has 1 atom stereocenters. The molecule has 6 heteroatoms. The molecular formula is C23H23FN2O3. The zero-order valence-electron chi connectivity index (χ0n) is 16.7. The summed E-state index contributed by atoms with van der Waals surface area (Å²) in [7, 11) is 2.86. The van der Waals surface area contributed by atoms with Crippen LogP contribution in [0.5, 0.6) is 5.75 Å². The van der Waals surface area contributed by atoms with E-state index >= 15 is 0 Å². The fraction of sp³-hybridized carbons (Fsp3) is 0.304. The molecule has 0 amide bonds. The molecular weight excluding hydrogens is 371 g/mol. The van der Waals surface area contributed by atoms with Crippen molar-refractivity contribution in [2.24, 2.45) is 0 Å². The van der Waals surface area contributed by atoms with Gasteiger partial charge in [0.1, 0.15) is 17.1 Å². The molecule has 4 rings (SSSR count). The first kappa shape index (κ1) is 19.2. The summed E-state index contributed by atoms with van der Waals surface area (Å²) in [6.07, 6.45) is 2.22. The van der Waals surface area contributed by atoms with E-state index in [1.165, 1.54) is 26.4 Å². The molecule has 1 aliphatic rings. The molecule has 1 aromatic heterocycles. The van der Waals surface area contributed by atoms with E-state index in [0.717, 1.165) is 41.7 Å². The van der Waals surface area contributed by atoms with Crippen molar-refractivity contribution in [2.45, 2.75) is 25.8 Å². The number of rotatable bonds is 4. The van der Waals surface area contributed by atoms with Gasteiger partial charge in [-0.15, -0.1) is 0 Å². The van der Waals surface area contributed by atoms with Gasteiger partial charge in [0.05, 0.1) is 31.1 Å². The average molecular weight is 394 g/mol. The van der Waals surface area contributed by atoms with Crippen LogP contribution in [0.4, 0.5) is 10.1 Å². The number of hydrogen-bond donors (Lipinski definition) is 0. The van der Waals surface area contributed by atoms with Crippen LogP contribution in [0, 0.1) is 5.82 Å². The van der Waals surface area contributed by atoms with Gasteiger partial charge >= 0.3 is 5.97 Å². The van der Waals surface area contributed by atoms with Gasteiger partial charge in [0, 0.05) is 29.6 Å². The first-order chi connectivity index (χ1) is 14.0. The van der Waals surface area contributed by atoms with Gasteiger partial charge in [0.25, 0.3) is 0 Å². The van der Waals surface area contributed by atoms with E-state index in [-0.39, 0.29) is 5.82 Å². The summed E-state index contributed by atoms with van der Waals surface area (Å²) in [5, 5.41) is 0.825. The van der Waals surface area contributed by atoms with Crippen LogP contribution in [0.1, 0.15) is 30.1 Å². The zero-order chi connectivity index (χ0) is 20.5. The normalized spacial score (nSPS) is 16.3. The molecule has 0 spiro atoms. The van der Waals surface area contributed by atoms with E-state index in [2.05, 4.69) is 17.9 Å². The summed E-state index contributed by atoms with van der Waals surface area (Å²) in [6, 6.07) is 12.3. The molecule has 2 aromatic carbocycles. The molecule has 0 unspecified atom stereocenters. The van der Waals surface area contributed by atoms with E-state index in [4.69, 9.17) is 14.5 Å². The lowest BCUT2D eigenvalue weighted by atomic mass is 10.0. The summed E-state index contributed by atoms with van der Waals surface area (Å²) in [5.41, 5.74) is 3.68. The molecule has 2 heterocycles. The SMILES string of the molecule is COC(=O)c1cc2cc(N3CCC[C@@H]3C)c(-c3ccc(F)cc3)nc2cc1OC. The van der Waals surface area contributed by atoms with Gasteiger partial charge in [-0.05, 0) is 56.2 Å². The minimum atomic E-state index is -0.456. The van der Waals surface area contributed by atoms with Crippen LogP contribution < -0.4 is 9.64 Å². The van der Waals surface area contributed by atoms with Crippen molar-refractivity contribution in [1.82, 2.24) is 4.98 Å². The topological polar surface area (TPSA) is 51.7 Å². The lowest BCUT2D eigenvalue weighted by Crippen LogP contribution is -2.27. The molecule has 0 bridgehead atoms. The number of anilines is 1. The smallest absolute Gasteiger partial charge is 0.341 e. The number of esters is 1. The number of nitrogens with zero attached hydrogens (tertiary/aromatic N) is 2. The van der Waals surface area contributed by atoms with Crippen molar-refractivity contribution in [3.8, 4) is 17.0 Å². The number of methoxy groups -OCH3 is 2. The van der Waals surface area contributed by atoms with Crippen molar-refractivity contribution in [3.05, 3.63) is 53.8 Å². The standard InChI is InChI=1S/C23H23FN2O3/c1-14-5-4-10-26(14)20-12-16-11-18(23(27)29-3)21(28-2)13-19(16)25-22(20)15-6-8-17(24)9-7-15/h6-9,11-14H,4-5,10H2,1-3H3/t14-/m0/s1. The molecule has 1 saturated heterocycles. The van der Waals surface area contributed by atoms with Crippen molar-refractivity contribution in [1.29, 1.82) is 0 Å². The van der Waals surface area contributed by atoms with E-state index < -0.39 is 5.97 Å². The Kier molecular flexibility index (Phi) is 5.09. The highest BCUT2D eigenvalue weighted by Crippen LogP contribution is 2.37. The highest BCUT2D eigenvalue weighted by molar-refractivity contribution is 5.99. The van der Waals surface area contributed by atoms with Gasteiger partial charge in [-0.1, -0.05) is 0 Å². The van der Waals surface area contributed by atoms with Gasteiger partial charge in [-0.2, -0.15) is 0 Å². The number of ether oxygens (including phenoxy) is 2. The second-order valence-electron chi connectivity index (χ2n) is 7.28. The summed E-state index contributed by atoms with van der Waals surface area (Å²) in [5.74, 6) is -0.332. The fourth-order valence-corrected chi connectivity index (χ4v) is 3.96. The number of halogens is 1. The van der Waals surface area contributed by atoms with Gasteiger partial charge in [0.2, 0.25) is 0 Å². The van der Waals surface area contributed by atoms with Crippen LogP contribution in [-0.4, -0.2) is 37.8 Å². The van der Waals surface area contributed by atoms with Crippen molar-refractivity contribution >= 4 is 22.6 Å². The highest BCUT2D eigenvalue weighted by Gasteiger charge is 2.25. The van der Waals surface area contributed by atoms with Crippen LogP contribution in [-0.2, 0) is 4.74 Å². The maximum atomic E-state index is 13.5. The van der Waals surface area contributed by atoms with E-state index in [9.17, 15) is 9.18 Å². The Balaban J connectivity index is 1.96. The Morgan fingerprint density at radius 3 is 2.55 bits per heavy atom. The number of carbonyl (C=O) groups is 1. The Hall–Kier alpha value is -3.15. The second-order valence-corrected chi connectivity index (χ2v) is 7.28. The quantitative estimate of drug-likeness (QED) is 0.594. The Bertz CT molecular complexity index is 1070. The first-order valence-electron chi connectivity index (χ1n) is 9.65. The largest absolute Gasteiger partial charge is 0.496 e. The first-order valence-corrected chi connectivity index (χ1v) is 9.65. The summed E-state index contributed by atoms with van der Waals surface area (Å²) >= 11 is 0. The third-order valence-electron chi connectivity index (χ3n) is 5.50. The van der Waals surface area contributed by atoms with E-state index in [1.54, 1.807) is 24.3 Å². The van der Waals surface area contributed by atoms with Gasteiger partial charge in [-0.25, -0.2) is 14.2 Å². The Morgan fingerprint density at radius 1 is 1.17 bits per heavy atom. The Morgan fingerprint density at radius 2 is 1.93 bits per heavy atom. The highest BCUT2D eigenvalue weighted by atomic mass is 19.1. The van der Waals surface area contributed by atoms with Crippen LogP contribution in [0.3, 0.4) is 0 Å². The van der Waals surface area contributed by atoms with Crippen LogP contribution in [0.2, 0.25) is 0 Å². The fourth-order valence-electron chi connectivity index (χ4n) is 3.96. The predicted octanol–water partition coefficient (Wildman–Crippen LogP) is 4.82. The van der Waals surface area contributed by atoms with Crippen molar-refractivity contribution in [3.63, 3.8) is 0 Å². The third-order valence-corrected chi connectivity index (χ3v) is 5.50. The predicted molar refractivity (Wildman–Crippen MR) is 111 cm³/mol. The summed E-state index contributed by atoms with van der Waals surface area (Å²) in [6.45, 7) is 3.13. The number of pyridine rings is 1. The summed E-state index contributed by atoms with van der Waals surface area (Å²) < 4.78 is 23.8. The van der Waals surface area contributed by atoms with Crippen molar-refractivity contribution in [2.75, 3.05) is 25.7 Å². The average Bonchev–Trinajstić information content (AvgIpc) is 3.17. The second kappa shape index (κ2) is 7.70. The zero-order valence-corrected chi connectivity index (χ0v) is 16.7. The number of carbonyl (C=O) groups excluding carboxylic acids is 1. The molecule has 5 nitrogen and oxygen atoms in total. The molecule has 150 valence electrons. The molecule has 0 aliphatic carbocycles. The molecule has 3 aromatic rings. The number of aromatic nitrogens is 1. The number of benzene rings is 2.